The fourth-order valence-electron chi connectivity index (χ4n) is 2.92. The molecule has 27 heavy (non-hydrogen) atoms. The maximum atomic E-state index is 13.4. The smallest absolute Gasteiger partial charge is 0.311 e. The molecule has 0 aliphatic carbocycles. The molecule has 2 aromatic rings. The number of hydrogen-bond donors (Lipinski definition) is 0. The van der Waals surface area contributed by atoms with E-state index in [-0.39, 0.29) is 11.5 Å². The van der Waals surface area contributed by atoms with Crippen LogP contribution in [0.25, 0.3) is 0 Å². The standard InChI is InChI=1S/C20H18FN3O3/c1-27-19-8-7-17(21)14-16(19)5-2-4-15-9-12-23(13-10-15)20-18(24(25)26)6-3-11-22-20/h3-4,6-8,11,14H,9-10,12-13H2,1H3. The van der Waals surface area contributed by atoms with Crippen LogP contribution in [0.15, 0.2) is 48.2 Å². The zero-order valence-corrected chi connectivity index (χ0v) is 14.8. The minimum atomic E-state index is -0.411. The van der Waals surface area contributed by atoms with Crippen LogP contribution in [0.1, 0.15) is 18.4 Å². The number of nitrogens with zero attached hydrogens (tertiary/aromatic N) is 3. The molecular weight excluding hydrogens is 349 g/mol. The van der Waals surface area contributed by atoms with Crippen molar-refractivity contribution in [3.63, 3.8) is 0 Å². The average Bonchev–Trinajstić information content (AvgIpc) is 2.69. The highest BCUT2D eigenvalue weighted by Crippen LogP contribution is 2.28. The molecule has 0 radical (unpaired) electrons. The number of pyridine rings is 1. The molecule has 0 saturated carbocycles. The fourth-order valence-corrected chi connectivity index (χ4v) is 2.92. The number of piperidine rings is 1. The Hall–Kier alpha value is -3.40. The third-order valence-corrected chi connectivity index (χ3v) is 4.31. The Morgan fingerprint density at radius 3 is 2.81 bits per heavy atom. The van der Waals surface area contributed by atoms with Crippen LogP contribution in [-0.2, 0) is 0 Å². The summed E-state index contributed by atoms with van der Waals surface area (Å²) in [7, 11) is 1.52. The summed E-state index contributed by atoms with van der Waals surface area (Å²) >= 11 is 0. The molecule has 0 spiro atoms. The molecule has 2 heterocycles. The zero-order valence-electron chi connectivity index (χ0n) is 14.8. The minimum absolute atomic E-state index is 0.0166. The van der Waals surface area contributed by atoms with E-state index in [1.807, 2.05) is 11.0 Å². The van der Waals surface area contributed by atoms with E-state index in [4.69, 9.17) is 4.74 Å². The molecule has 138 valence electrons. The van der Waals surface area contributed by atoms with E-state index in [1.54, 1.807) is 18.3 Å². The molecule has 0 unspecified atom stereocenters. The second kappa shape index (κ2) is 8.32. The molecule has 1 aromatic carbocycles. The van der Waals surface area contributed by atoms with E-state index in [1.165, 1.54) is 25.3 Å². The maximum absolute atomic E-state index is 13.4. The topological polar surface area (TPSA) is 68.5 Å². The number of methoxy groups -OCH3 is 1. The Morgan fingerprint density at radius 2 is 2.11 bits per heavy atom. The molecule has 0 bridgehead atoms. The quantitative estimate of drug-likeness (QED) is 0.470. The Morgan fingerprint density at radius 1 is 1.33 bits per heavy atom. The highest BCUT2D eigenvalue weighted by molar-refractivity contribution is 5.58. The number of nitro groups is 1. The van der Waals surface area contributed by atoms with E-state index < -0.39 is 4.92 Å². The van der Waals surface area contributed by atoms with Crippen molar-refractivity contribution in [2.75, 3.05) is 25.1 Å². The van der Waals surface area contributed by atoms with Crippen molar-refractivity contribution in [1.29, 1.82) is 0 Å². The Bertz CT molecular complexity index is 937. The molecular formula is C20H18FN3O3. The zero-order chi connectivity index (χ0) is 19.2. The summed E-state index contributed by atoms with van der Waals surface area (Å²) in [6.07, 6.45) is 4.87. The first-order chi connectivity index (χ1) is 13.1. The summed E-state index contributed by atoms with van der Waals surface area (Å²) < 4.78 is 18.5. The lowest BCUT2D eigenvalue weighted by atomic mass is 10.0. The summed E-state index contributed by atoms with van der Waals surface area (Å²) in [4.78, 5) is 16.8. The SMILES string of the molecule is COc1ccc(F)cc1C#CC=C1CCN(c2ncccc2[N+](=O)[O-])CC1. The van der Waals surface area contributed by atoms with E-state index in [2.05, 4.69) is 16.8 Å². The van der Waals surface area contributed by atoms with E-state index in [9.17, 15) is 14.5 Å². The van der Waals surface area contributed by atoms with Gasteiger partial charge in [0.1, 0.15) is 11.6 Å². The number of halogens is 1. The molecule has 6 nitrogen and oxygen atoms in total. The van der Waals surface area contributed by atoms with Crippen LogP contribution in [0, 0.1) is 27.8 Å². The van der Waals surface area contributed by atoms with Gasteiger partial charge in [0.25, 0.3) is 0 Å². The Labute approximate surface area is 156 Å². The number of anilines is 1. The van der Waals surface area contributed by atoms with Gasteiger partial charge in [0.15, 0.2) is 0 Å². The highest BCUT2D eigenvalue weighted by atomic mass is 19.1. The van der Waals surface area contributed by atoms with Crippen LogP contribution in [0.2, 0.25) is 0 Å². The summed E-state index contributed by atoms with van der Waals surface area (Å²) in [6.45, 7) is 1.27. The van der Waals surface area contributed by atoms with Crippen LogP contribution in [0.4, 0.5) is 15.9 Å². The van der Waals surface area contributed by atoms with Crippen LogP contribution in [0.5, 0.6) is 5.75 Å². The lowest BCUT2D eigenvalue weighted by Gasteiger charge is -2.28. The first-order valence-electron chi connectivity index (χ1n) is 8.46. The van der Waals surface area contributed by atoms with Gasteiger partial charge in [-0.2, -0.15) is 0 Å². The van der Waals surface area contributed by atoms with Crippen LogP contribution in [-0.4, -0.2) is 30.1 Å². The summed E-state index contributed by atoms with van der Waals surface area (Å²) in [6, 6.07) is 7.24. The van der Waals surface area contributed by atoms with Crippen molar-refractivity contribution in [2.24, 2.45) is 0 Å². The molecule has 0 atom stereocenters. The molecule has 0 amide bonds. The minimum Gasteiger partial charge on any atom is -0.495 e. The van der Waals surface area contributed by atoms with Gasteiger partial charge in [-0.05, 0) is 43.2 Å². The van der Waals surface area contributed by atoms with Crippen LogP contribution >= 0.6 is 0 Å². The predicted octanol–water partition coefficient (Wildman–Crippen LogP) is 3.72. The van der Waals surface area contributed by atoms with Gasteiger partial charge < -0.3 is 9.64 Å². The monoisotopic (exact) mass is 367 g/mol. The molecule has 1 fully saturated rings. The Kier molecular flexibility index (Phi) is 5.67. The van der Waals surface area contributed by atoms with Crippen LogP contribution < -0.4 is 9.64 Å². The Balaban J connectivity index is 1.69. The highest BCUT2D eigenvalue weighted by Gasteiger charge is 2.23. The largest absolute Gasteiger partial charge is 0.495 e. The molecule has 1 aliphatic rings. The lowest BCUT2D eigenvalue weighted by Crippen LogP contribution is -2.31. The van der Waals surface area contributed by atoms with Gasteiger partial charge >= 0.3 is 5.69 Å². The molecule has 3 rings (SSSR count). The predicted molar refractivity (Wildman–Crippen MR) is 100 cm³/mol. The van der Waals surface area contributed by atoms with Gasteiger partial charge in [-0.15, -0.1) is 0 Å². The molecule has 1 aromatic heterocycles. The summed E-state index contributed by atoms with van der Waals surface area (Å²) in [5, 5.41) is 11.2. The fraction of sp³-hybridized carbons (Fsp3) is 0.250. The molecule has 1 saturated heterocycles. The molecule has 1 aliphatic heterocycles. The number of rotatable bonds is 3. The summed E-state index contributed by atoms with van der Waals surface area (Å²) in [5.74, 6) is 6.43. The van der Waals surface area contributed by atoms with Gasteiger partial charge in [0.2, 0.25) is 5.82 Å². The number of hydrogen-bond acceptors (Lipinski definition) is 5. The molecule has 0 N–H and O–H groups in total. The van der Waals surface area contributed by atoms with Gasteiger partial charge in [0.05, 0.1) is 17.6 Å². The number of aromatic nitrogens is 1. The molecule has 7 heteroatoms. The van der Waals surface area contributed by atoms with Crippen molar-refractivity contribution in [1.82, 2.24) is 4.98 Å². The normalized spacial score (nSPS) is 13.6. The third-order valence-electron chi connectivity index (χ3n) is 4.31. The van der Waals surface area contributed by atoms with E-state index in [0.29, 0.717) is 30.2 Å². The average molecular weight is 367 g/mol. The van der Waals surface area contributed by atoms with E-state index in [0.717, 1.165) is 18.4 Å². The third kappa shape index (κ3) is 4.42. The van der Waals surface area contributed by atoms with Crippen molar-refractivity contribution in [3.8, 4) is 17.6 Å². The first-order valence-corrected chi connectivity index (χ1v) is 8.46. The van der Waals surface area contributed by atoms with Crippen molar-refractivity contribution >= 4 is 11.5 Å². The van der Waals surface area contributed by atoms with Gasteiger partial charge in [-0.25, -0.2) is 9.37 Å². The second-order valence-corrected chi connectivity index (χ2v) is 6.01. The number of benzene rings is 1. The van der Waals surface area contributed by atoms with Crippen molar-refractivity contribution in [3.05, 3.63) is 69.7 Å². The second-order valence-electron chi connectivity index (χ2n) is 6.01. The van der Waals surface area contributed by atoms with Gasteiger partial charge in [-0.3, -0.25) is 10.1 Å². The van der Waals surface area contributed by atoms with Crippen LogP contribution in [0.3, 0.4) is 0 Å². The lowest BCUT2D eigenvalue weighted by molar-refractivity contribution is -0.384. The van der Waals surface area contributed by atoms with Crippen molar-refractivity contribution < 1.29 is 14.1 Å². The maximum Gasteiger partial charge on any atom is 0.311 e. The number of ether oxygens (including phenoxy) is 1. The van der Waals surface area contributed by atoms with Gasteiger partial charge in [-0.1, -0.05) is 17.4 Å². The number of allylic oxidation sites excluding steroid dienone is 1. The first kappa shape index (κ1) is 18.4. The summed E-state index contributed by atoms with van der Waals surface area (Å²) in [5.41, 5.74) is 1.66. The van der Waals surface area contributed by atoms with Gasteiger partial charge in [0, 0.05) is 25.4 Å². The van der Waals surface area contributed by atoms with E-state index >= 15 is 0 Å². The van der Waals surface area contributed by atoms with Crippen molar-refractivity contribution in [2.45, 2.75) is 12.8 Å².